The van der Waals surface area contributed by atoms with Crippen molar-refractivity contribution in [2.45, 2.75) is 45.1 Å². The second kappa shape index (κ2) is 5.74. The molecule has 0 saturated heterocycles. The summed E-state index contributed by atoms with van der Waals surface area (Å²) in [6, 6.07) is 10.4. The summed E-state index contributed by atoms with van der Waals surface area (Å²) < 4.78 is 6.02. The van der Waals surface area contributed by atoms with Crippen molar-refractivity contribution < 1.29 is 4.74 Å². The van der Waals surface area contributed by atoms with E-state index in [1.54, 1.807) is 0 Å². The van der Waals surface area contributed by atoms with E-state index in [1.165, 1.54) is 37.0 Å². The molecule has 0 saturated carbocycles. The van der Waals surface area contributed by atoms with Crippen LogP contribution >= 0.6 is 0 Å². The van der Waals surface area contributed by atoms with Crippen molar-refractivity contribution in [1.29, 1.82) is 0 Å². The van der Waals surface area contributed by atoms with Crippen LogP contribution in [-0.2, 0) is 4.74 Å². The Morgan fingerprint density at radius 1 is 1.06 bits per heavy atom. The van der Waals surface area contributed by atoms with Gasteiger partial charge in [-0.1, -0.05) is 36.8 Å². The van der Waals surface area contributed by atoms with Crippen LogP contribution in [0.15, 0.2) is 42.2 Å². The van der Waals surface area contributed by atoms with E-state index < -0.39 is 0 Å². The first kappa shape index (κ1) is 11.3. The van der Waals surface area contributed by atoms with Crippen molar-refractivity contribution in [2.24, 2.45) is 0 Å². The molecule has 1 heteroatoms. The highest BCUT2D eigenvalue weighted by Crippen LogP contribution is 2.25. The quantitative estimate of drug-likeness (QED) is 0.716. The lowest BCUT2D eigenvalue weighted by Gasteiger charge is -2.17. The number of hydrogen-bond donors (Lipinski definition) is 0. The van der Waals surface area contributed by atoms with Gasteiger partial charge in [-0.25, -0.2) is 0 Å². The Kier molecular flexibility index (Phi) is 4.03. The molecule has 1 aliphatic rings. The SMILES string of the molecule is CC(OC1=CCCCCC1)c1ccccc1. The minimum Gasteiger partial charge on any atom is -0.491 e. The largest absolute Gasteiger partial charge is 0.491 e. The average molecular weight is 216 g/mol. The van der Waals surface area contributed by atoms with Crippen LogP contribution in [0, 0.1) is 0 Å². The van der Waals surface area contributed by atoms with E-state index in [4.69, 9.17) is 4.74 Å². The monoisotopic (exact) mass is 216 g/mol. The zero-order valence-corrected chi connectivity index (χ0v) is 9.99. The summed E-state index contributed by atoms with van der Waals surface area (Å²) >= 11 is 0. The van der Waals surface area contributed by atoms with Gasteiger partial charge in [-0.3, -0.25) is 0 Å². The van der Waals surface area contributed by atoms with Crippen LogP contribution in [0.2, 0.25) is 0 Å². The summed E-state index contributed by atoms with van der Waals surface area (Å²) in [6.07, 6.45) is 8.65. The van der Waals surface area contributed by atoms with Gasteiger partial charge in [0.05, 0.1) is 5.76 Å². The van der Waals surface area contributed by atoms with Gasteiger partial charge in [0.15, 0.2) is 0 Å². The molecule has 1 nitrogen and oxygen atoms in total. The normalized spacial score (nSPS) is 18.4. The van der Waals surface area contributed by atoms with Crippen LogP contribution in [-0.4, -0.2) is 0 Å². The van der Waals surface area contributed by atoms with Crippen molar-refractivity contribution in [3.05, 3.63) is 47.7 Å². The molecule has 0 radical (unpaired) electrons. The van der Waals surface area contributed by atoms with Gasteiger partial charge in [0.2, 0.25) is 0 Å². The maximum absolute atomic E-state index is 6.02. The van der Waals surface area contributed by atoms with Gasteiger partial charge in [-0.2, -0.15) is 0 Å². The van der Waals surface area contributed by atoms with Crippen molar-refractivity contribution in [2.75, 3.05) is 0 Å². The lowest BCUT2D eigenvalue weighted by Crippen LogP contribution is -1.99. The summed E-state index contributed by atoms with van der Waals surface area (Å²) in [5.41, 5.74) is 1.26. The Hall–Kier alpha value is -1.24. The highest BCUT2D eigenvalue weighted by Gasteiger charge is 2.09. The highest BCUT2D eigenvalue weighted by atomic mass is 16.5. The highest BCUT2D eigenvalue weighted by molar-refractivity contribution is 5.17. The fourth-order valence-electron chi connectivity index (χ4n) is 2.11. The van der Waals surface area contributed by atoms with Crippen molar-refractivity contribution in [3.8, 4) is 0 Å². The molecule has 0 aromatic heterocycles. The zero-order chi connectivity index (χ0) is 11.2. The maximum Gasteiger partial charge on any atom is 0.120 e. The Balaban J connectivity index is 1.96. The van der Waals surface area contributed by atoms with Crippen LogP contribution in [0.25, 0.3) is 0 Å². The Morgan fingerprint density at radius 2 is 1.88 bits per heavy atom. The Labute approximate surface area is 98.1 Å². The Bertz CT molecular complexity index is 340. The third kappa shape index (κ3) is 3.13. The number of rotatable bonds is 3. The van der Waals surface area contributed by atoms with Crippen LogP contribution in [0.4, 0.5) is 0 Å². The second-order valence-corrected chi connectivity index (χ2v) is 4.44. The second-order valence-electron chi connectivity index (χ2n) is 4.44. The molecule has 86 valence electrons. The third-order valence-corrected chi connectivity index (χ3v) is 3.10. The predicted molar refractivity (Wildman–Crippen MR) is 67.1 cm³/mol. The molecule has 2 rings (SSSR count). The predicted octanol–water partition coefficient (Wildman–Crippen LogP) is 4.61. The summed E-state index contributed by atoms with van der Waals surface area (Å²) in [5, 5.41) is 0. The van der Waals surface area contributed by atoms with Crippen LogP contribution in [0.5, 0.6) is 0 Å². The third-order valence-electron chi connectivity index (χ3n) is 3.10. The van der Waals surface area contributed by atoms with Gasteiger partial charge in [0.1, 0.15) is 6.10 Å². The van der Waals surface area contributed by atoms with E-state index in [0.717, 1.165) is 6.42 Å². The smallest absolute Gasteiger partial charge is 0.120 e. The first-order valence-electron chi connectivity index (χ1n) is 6.27. The molecular formula is C15H20O. The Morgan fingerprint density at radius 3 is 2.69 bits per heavy atom. The first-order valence-corrected chi connectivity index (χ1v) is 6.27. The van der Waals surface area contributed by atoms with Crippen molar-refractivity contribution in [3.63, 3.8) is 0 Å². The summed E-state index contributed by atoms with van der Waals surface area (Å²) in [4.78, 5) is 0. The number of hydrogen-bond acceptors (Lipinski definition) is 1. The molecule has 1 aromatic carbocycles. The van der Waals surface area contributed by atoms with E-state index in [1.807, 2.05) is 6.07 Å². The molecular weight excluding hydrogens is 196 g/mol. The summed E-state index contributed by atoms with van der Waals surface area (Å²) in [6.45, 7) is 2.13. The van der Waals surface area contributed by atoms with Gasteiger partial charge in [-0.05, 0) is 37.8 Å². The van der Waals surface area contributed by atoms with E-state index in [-0.39, 0.29) is 6.10 Å². The molecule has 1 aromatic rings. The minimum atomic E-state index is 0.172. The molecule has 1 aliphatic carbocycles. The molecule has 0 fully saturated rings. The van der Waals surface area contributed by atoms with E-state index in [9.17, 15) is 0 Å². The molecule has 0 aliphatic heterocycles. The lowest BCUT2D eigenvalue weighted by atomic mass is 10.1. The standard InChI is InChI=1S/C15H20O/c1-13(14-9-5-4-6-10-14)16-15-11-7-2-3-8-12-15/h4-6,9-11,13H,2-3,7-8,12H2,1H3. The molecule has 0 N–H and O–H groups in total. The summed E-state index contributed by atoms with van der Waals surface area (Å²) in [7, 11) is 0. The van der Waals surface area contributed by atoms with E-state index in [2.05, 4.69) is 37.3 Å². The maximum atomic E-state index is 6.02. The van der Waals surface area contributed by atoms with Gasteiger partial charge in [-0.15, -0.1) is 0 Å². The van der Waals surface area contributed by atoms with Crippen LogP contribution in [0.1, 0.15) is 50.7 Å². The van der Waals surface area contributed by atoms with Crippen molar-refractivity contribution >= 4 is 0 Å². The van der Waals surface area contributed by atoms with Gasteiger partial charge >= 0.3 is 0 Å². The number of allylic oxidation sites excluding steroid dienone is 2. The zero-order valence-electron chi connectivity index (χ0n) is 9.99. The molecule has 0 spiro atoms. The molecule has 1 unspecified atom stereocenters. The molecule has 0 bridgehead atoms. The van der Waals surface area contributed by atoms with Crippen LogP contribution in [0.3, 0.4) is 0 Å². The topological polar surface area (TPSA) is 9.23 Å². The lowest BCUT2D eigenvalue weighted by molar-refractivity contribution is 0.125. The van der Waals surface area contributed by atoms with Gasteiger partial charge in [0.25, 0.3) is 0 Å². The van der Waals surface area contributed by atoms with Crippen LogP contribution < -0.4 is 0 Å². The average Bonchev–Trinajstić information content (AvgIpc) is 2.59. The molecule has 0 heterocycles. The fourth-order valence-corrected chi connectivity index (χ4v) is 2.11. The molecule has 16 heavy (non-hydrogen) atoms. The van der Waals surface area contributed by atoms with E-state index in [0.29, 0.717) is 0 Å². The fraction of sp³-hybridized carbons (Fsp3) is 0.467. The van der Waals surface area contributed by atoms with Crippen molar-refractivity contribution in [1.82, 2.24) is 0 Å². The summed E-state index contributed by atoms with van der Waals surface area (Å²) in [5.74, 6) is 1.19. The number of ether oxygens (including phenoxy) is 1. The minimum absolute atomic E-state index is 0.172. The molecule has 0 amide bonds. The van der Waals surface area contributed by atoms with Gasteiger partial charge < -0.3 is 4.74 Å². The van der Waals surface area contributed by atoms with Gasteiger partial charge in [0, 0.05) is 6.42 Å². The molecule has 1 atom stereocenters. The van der Waals surface area contributed by atoms with E-state index >= 15 is 0 Å². The number of benzene rings is 1. The first-order chi connectivity index (χ1) is 7.86.